The van der Waals surface area contributed by atoms with Crippen LogP contribution >= 0.6 is 23.2 Å². The Hall–Kier alpha value is -2.89. The zero-order valence-corrected chi connectivity index (χ0v) is 15.0. The Labute approximate surface area is 162 Å². The number of nitrogens with zero attached hydrogens (tertiary/aromatic N) is 1. The average Bonchev–Trinajstić information content (AvgIpc) is 3.13. The summed E-state index contributed by atoms with van der Waals surface area (Å²) >= 11 is 12.0. The molecule has 7 heteroatoms. The van der Waals surface area contributed by atoms with Crippen molar-refractivity contribution in [2.24, 2.45) is 0 Å². The Morgan fingerprint density at radius 3 is 2.48 bits per heavy atom. The minimum absolute atomic E-state index is 0.162. The standard InChI is InChI=1S/C20H10Cl2FNO3/c21-14-3-1-10(7-15(14)22)18-5-6-19(27-18)17-9-13(20(25)26)12-8-11(23)2-4-16(12)24-17/h1-9H,(H,25,26)/p-1. The molecule has 4 rings (SSSR count). The number of fused-ring (bicyclic) bond motifs is 1. The first-order valence-electron chi connectivity index (χ1n) is 7.79. The smallest absolute Gasteiger partial charge is 0.153 e. The number of hydrogen-bond donors (Lipinski definition) is 0. The largest absolute Gasteiger partial charge is 0.545 e. The van der Waals surface area contributed by atoms with Crippen LogP contribution in [0.3, 0.4) is 0 Å². The Kier molecular flexibility index (Phi) is 4.34. The number of halogens is 3. The number of aromatic carboxylic acids is 1. The van der Waals surface area contributed by atoms with Crippen LogP contribution in [0.15, 0.2) is 59.0 Å². The number of benzene rings is 2. The molecular formula is C20H9Cl2FNO3-. The van der Waals surface area contributed by atoms with Crippen molar-refractivity contribution in [2.45, 2.75) is 0 Å². The Balaban J connectivity index is 1.83. The molecule has 0 saturated carbocycles. The molecule has 0 aliphatic carbocycles. The molecule has 0 saturated heterocycles. The van der Waals surface area contributed by atoms with E-state index in [1.54, 1.807) is 30.3 Å². The minimum atomic E-state index is -1.43. The topological polar surface area (TPSA) is 66.2 Å². The predicted octanol–water partition coefficient (Wildman–Crippen LogP) is 4.97. The highest BCUT2D eigenvalue weighted by atomic mass is 35.5. The molecule has 0 spiro atoms. The van der Waals surface area contributed by atoms with Gasteiger partial charge in [0.25, 0.3) is 0 Å². The summed E-state index contributed by atoms with van der Waals surface area (Å²) < 4.78 is 19.3. The van der Waals surface area contributed by atoms with Gasteiger partial charge in [-0.1, -0.05) is 23.2 Å². The van der Waals surface area contributed by atoms with Crippen molar-refractivity contribution < 1.29 is 18.7 Å². The van der Waals surface area contributed by atoms with Crippen molar-refractivity contribution in [3.8, 4) is 22.8 Å². The van der Waals surface area contributed by atoms with E-state index in [9.17, 15) is 14.3 Å². The van der Waals surface area contributed by atoms with Gasteiger partial charge in [-0.15, -0.1) is 0 Å². The number of aromatic nitrogens is 1. The lowest BCUT2D eigenvalue weighted by Crippen LogP contribution is -2.22. The van der Waals surface area contributed by atoms with Crippen molar-refractivity contribution in [1.82, 2.24) is 4.98 Å². The predicted molar refractivity (Wildman–Crippen MR) is 99.2 cm³/mol. The SMILES string of the molecule is O=C([O-])c1cc(-c2ccc(-c3ccc(Cl)c(Cl)c3)o2)nc2ccc(F)cc12. The summed E-state index contributed by atoms with van der Waals surface area (Å²) in [6, 6.07) is 13.5. The van der Waals surface area contributed by atoms with E-state index in [0.29, 0.717) is 38.3 Å². The fourth-order valence-corrected chi connectivity index (χ4v) is 3.07. The number of furan rings is 1. The highest BCUT2D eigenvalue weighted by Gasteiger charge is 2.13. The van der Waals surface area contributed by atoms with Crippen molar-refractivity contribution in [3.63, 3.8) is 0 Å². The highest BCUT2D eigenvalue weighted by molar-refractivity contribution is 6.42. The van der Waals surface area contributed by atoms with Gasteiger partial charge in [0.2, 0.25) is 0 Å². The van der Waals surface area contributed by atoms with Gasteiger partial charge in [-0.3, -0.25) is 0 Å². The summed E-state index contributed by atoms with van der Waals surface area (Å²) in [5.41, 5.74) is 1.15. The summed E-state index contributed by atoms with van der Waals surface area (Å²) in [5.74, 6) is -1.12. The second-order valence-corrected chi connectivity index (χ2v) is 6.61. The van der Waals surface area contributed by atoms with Crippen LogP contribution in [0.5, 0.6) is 0 Å². The zero-order valence-electron chi connectivity index (χ0n) is 13.5. The first-order chi connectivity index (χ1) is 12.9. The van der Waals surface area contributed by atoms with E-state index in [2.05, 4.69) is 4.98 Å². The Bertz CT molecular complexity index is 1200. The highest BCUT2D eigenvalue weighted by Crippen LogP contribution is 2.33. The Morgan fingerprint density at radius 1 is 0.963 bits per heavy atom. The van der Waals surface area contributed by atoms with E-state index in [4.69, 9.17) is 27.6 Å². The van der Waals surface area contributed by atoms with Gasteiger partial charge >= 0.3 is 0 Å². The van der Waals surface area contributed by atoms with Gasteiger partial charge in [0.15, 0.2) is 5.76 Å². The molecule has 4 nitrogen and oxygen atoms in total. The summed E-state index contributed by atoms with van der Waals surface area (Å²) in [6.45, 7) is 0. The molecule has 0 amide bonds. The number of carboxylic acid groups (broad SMARTS) is 1. The zero-order chi connectivity index (χ0) is 19.1. The van der Waals surface area contributed by atoms with Gasteiger partial charge in [0.05, 0.1) is 21.5 Å². The molecule has 2 aromatic heterocycles. The summed E-state index contributed by atoms with van der Waals surface area (Å²) in [6.07, 6.45) is 0. The molecule has 0 radical (unpaired) electrons. The molecule has 0 bridgehead atoms. The van der Waals surface area contributed by atoms with Crippen molar-refractivity contribution in [1.29, 1.82) is 0 Å². The van der Waals surface area contributed by atoms with Crippen LogP contribution in [-0.4, -0.2) is 11.0 Å². The molecule has 0 unspecified atom stereocenters. The number of carbonyl (C=O) groups is 1. The third-order valence-electron chi connectivity index (χ3n) is 4.05. The van der Waals surface area contributed by atoms with Crippen LogP contribution < -0.4 is 5.11 Å². The maximum atomic E-state index is 13.5. The quantitative estimate of drug-likeness (QED) is 0.486. The maximum Gasteiger partial charge on any atom is 0.153 e. The lowest BCUT2D eigenvalue weighted by atomic mass is 10.1. The van der Waals surface area contributed by atoms with Gasteiger partial charge < -0.3 is 14.3 Å². The van der Waals surface area contributed by atoms with E-state index in [1.165, 1.54) is 18.2 Å². The van der Waals surface area contributed by atoms with Crippen LogP contribution in [0.1, 0.15) is 10.4 Å². The number of rotatable bonds is 3. The first-order valence-corrected chi connectivity index (χ1v) is 8.55. The molecule has 4 aromatic rings. The van der Waals surface area contributed by atoms with E-state index >= 15 is 0 Å². The van der Waals surface area contributed by atoms with Gasteiger partial charge in [-0.2, -0.15) is 0 Å². The van der Waals surface area contributed by atoms with E-state index in [1.807, 2.05) is 0 Å². The summed E-state index contributed by atoms with van der Waals surface area (Å²) in [5, 5.41) is 12.5. The lowest BCUT2D eigenvalue weighted by Gasteiger charge is -2.09. The lowest BCUT2D eigenvalue weighted by molar-refractivity contribution is -0.254. The van der Waals surface area contributed by atoms with Crippen LogP contribution in [0.2, 0.25) is 10.0 Å². The van der Waals surface area contributed by atoms with Crippen molar-refractivity contribution >= 4 is 40.1 Å². The summed E-state index contributed by atoms with van der Waals surface area (Å²) in [4.78, 5) is 15.9. The minimum Gasteiger partial charge on any atom is -0.545 e. The molecule has 2 aromatic carbocycles. The van der Waals surface area contributed by atoms with Crippen LogP contribution in [0.4, 0.5) is 4.39 Å². The second kappa shape index (κ2) is 6.68. The van der Waals surface area contributed by atoms with E-state index in [0.717, 1.165) is 6.07 Å². The second-order valence-electron chi connectivity index (χ2n) is 5.80. The van der Waals surface area contributed by atoms with Gasteiger partial charge in [0, 0.05) is 16.5 Å². The van der Waals surface area contributed by atoms with Crippen LogP contribution in [-0.2, 0) is 0 Å². The van der Waals surface area contributed by atoms with Crippen molar-refractivity contribution in [3.05, 3.63) is 76.0 Å². The molecule has 0 N–H and O–H groups in total. The fraction of sp³-hybridized carbons (Fsp3) is 0. The van der Waals surface area contributed by atoms with E-state index < -0.39 is 11.8 Å². The number of hydrogen-bond acceptors (Lipinski definition) is 4. The molecule has 2 heterocycles. The van der Waals surface area contributed by atoms with Gasteiger partial charge in [-0.25, -0.2) is 9.37 Å². The number of pyridine rings is 1. The molecule has 27 heavy (non-hydrogen) atoms. The van der Waals surface area contributed by atoms with Crippen LogP contribution in [0.25, 0.3) is 33.7 Å². The fourth-order valence-electron chi connectivity index (χ4n) is 2.77. The van der Waals surface area contributed by atoms with Gasteiger partial charge in [0.1, 0.15) is 17.3 Å². The number of carbonyl (C=O) groups excluding carboxylic acids is 1. The third kappa shape index (κ3) is 3.27. The first kappa shape index (κ1) is 17.5. The third-order valence-corrected chi connectivity index (χ3v) is 4.79. The van der Waals surface area contributed by atoms with E-state index in [-0.39, 0.29) is 10.9 Å². The Morgan fingerprint density at radius 2 is 1.74 bits per heavy atom. The maximum absolute atomic E-state index is 13.5. The van der Waals surface area contributed by atoms with Crippen molar-refractivity contribution in [2.75, 3.05) is 0 Å². The summed E-state index contributed by atoms with van der Waals surface area (Å²) in [7, 11) is 0. The van der Waals surface area contributed by atoms with Crippen LogP contribution in [0, 0.1) is 5.82 Å². The average molecular weight is 401 g/mol. The molecule has 0 fully saturated rings. The molecular weight excluding hydrogens is 392 g/mol. The molecule has 0 atom stereocenters. The normalized spacial score (nSPS) is 11.1. The molecule has 134 valence electrons. The number of carboxylic acids is 1. The monoisotopic (exact) mass is 400 g/mol. The molecule has 0 aliphatic rings. The van der Waals surface area contributed by atoms with Gasteiger partial charge in [-0.05, 0) is 54.6 Å². The molecule has 0 aliphatic heterocycles.